The summed E-state index contributed by atoms with van der Waals surface area (Å²) in [4.78, 5) is 17.2. The van der Waals surface area contributed by atoms with Crippen molar-refractivity contribution in [3.05, 3.63) is 95.6 Å². The summed E-state index contributed by atoms with van der Waals surface area (Å²) >= 11 is 0. The highest BCUT2D eigenvalue weighted by molar-refractivity contribution is 7.92. The molecular formula is C27H26N4O3S. The number of anilines is 1. The molecule has 7 nitrogen and oxygen atoms in total. The van der Waals surface area contributed by atoms with E-state index in [9.17, 15) is 18.5 Å². The lowest BCUT2D eigenvalue weighted by Crippen LogP contribution is -2.49. The highest BCUT2D eigenvalue weighted by Crippen LogP contribution is 2.33. The number of nitrogens with zero attached hydrogens (tertiary/aromatic N) is 4. The normalized spacial score (nSPS) is 17.0. The summed E-state index contributed by atoms with van der Waals surface area (Å²) in [6.45, 7) is 2.48. The van der Waals surface area contributed by atoms with Gasteiger partial charge in [-0.3, -0.25) is 14.0 Å². The summed E-state index contributed by atoms with van der Waals surface area (Å²) in [7, 11) is -3.77. The summed E-state index contributed by atoms with van der Waals surface area (Å²) in [5.74, 6) is -0.197. The molecular weight excluding hydrogens is 460 g/mol. The first-order chi connectivity index (χ1) is 17.0. The second-order valence-electron chi connectivity index (χ2n) is 8.75. The van der Waals surface area contributed by atoms with Gasteiger partial charge in [0.05, 0.1) is 16.7 Å². The first-order valence-electron chi connectivity index (χ1n) is 11.7. The number of fused-ring (bicyclic) bond motifs is 1. The van der Waals surface area contributed by atoms with E-state index in [0.29, 0.717) is 50.4 Å². The number of hydrogen-bond acceptors (Lipinski definition) is 5. The van der Waals surface area contributed by atoms with Gasteiger partial charge in [-0.1, -0.05) is 54.6 Å². The average Bonchev–Trinajstić information content (AvgIpc) is 3.35. The smallest absolute Gasteiger partial charge is 0.264 e. The fourth-order valence-electron chi connectivity index (χ4n) is 4.84. The molecule has 3 aromatic rings. The van der Waals surface area contributed by atoms with Crippen LogP contribution in [0.2, 0.25) is 0 Å². The van der Waals surface area contributed by atoms with Crippen molar-refractivity contribution in [2.75, 3.05) is 37.0 Å². The fourth-order valence-corrected chi connectivity index (χ4v) is 6.39. The van der Waals surface area contributed by atoms with E-state index in [-0.39, 0.29) is 16.8 Å². The van der Waals surface area contributed by atoms with Crippen molar-refractivity contribution < 1.29 is 13.2 Å². The minimum absolute atomic E-state index is 0.118. The molecule has 5 rings (SSSR count). The second kappa shape index (κ2) is 9.53. The van der Waals surface area contributed by atoms with Gasteiger partial charge in [0.2, 0.25) is 0 Å². The van der Waals surface area contributed by atoms with E-state index in [4.69, 9.17) is 0 Å². The maximum atomic E-state index is 13.4. The van der Waals surface area contributed by atoms with Crippen molar-refractivity contribution in [2.24, 2.45) is 0 Å². The number of para-hydroxylation sites is 1. The van der Waals surface area contributed by atoms with Crippen LogP contribution >= 0.6 is 0 Å². The molecule has 2 aliphatic heterocycles. The molecule has 0 N–H and O–H groups in total. The molecule has 2 heterocycles. The molecule has 2 aliphatic rings. The van der Waals surface area contributed by atoms with E-state index in [0.717, 1.165) is 11.1 Å². The minimum Gasteiger partial charge on any atom is -0.336 e. The number of nitriles is 1. The first-order valence-corrected chi connectivity index (χ1v) is 13.1. The Morgan fingerprint density at radius 2 is 1.57 bits per heavy atom. The van der Waals surface area contributed by atoms with Crippen molar-refractivity contribution >= 4 is 21.6 Å². The molecule has 1 saturated heterocycles. The summed E-state index contributed by atoms with van der Waals surface area (Å²) in [5, 5.41) is 9.71. The number of amides is 1. The second-order valence-corrected chi connectivity index (χ2v) is 10.6. The monoisotopic (exact) mass is 486 g/mol. The molecule has 0 aromatic heterocycles. The van der Waals surface area contributed by atoms with Gasteiger partial charge in [-0.25, -0.2) is 8.42 Å². The minimum atomic E-state index is -3.77. The van der Waals surface area contributed by atoms with Gasteiger partial charge in [-0.2, -0.15) is 5.26 Å². The number of carbonyl (C=O) groups is 1. The van der Waals surface area contributed by atoms with Crippen LogP contribution in [0.3, 0.4) is 0 Å². The molecule has 1 fully saturated rings. The highest BCUT2D eigenvalue weighted by atomic mass is 32.2. The SMILES string of the molecule is N#C[C@H](c1ccccc1)N1CCN(C(=O)c2cccc(S(=O)(=O)N3CCc4ccccc43)c2)CC1. The Bertz CT molecular complexity index is 1380. The molecule has 1 atom stereocenters. The van der Waals surface area contributed by atoms with E-state index < -0.39 is 10.0 Å². The quantitative estimate of drug-likeness (QED) is 0.552. The van der Waals surface area contributed by atoms with Gasteiger partial charge in [0.15, 0.2) is 0 Å². The van der Waals surface area contributed by atoms with Crippen LogP contribution < -0.4 is 4.31 Å². The Kier molecular flexibility index (Phi) is 6.29. The Balaban J connectivity index is 1.30. The third kappa shape index (κ3) is 4.41. The largest absolute Gasteiger partial charge is 0.336 e. The first kappa shape index (κ1) is 23.1. The lowest BCUT2D eigenvalue weighted by atomic mass is 10.1. The number of benzene rings is 3. The third-order valence-corrected chi connectivity index (χ3v) is 8.53. The number of carbonyl (C=O) groups excluding carboxylic acids is 1. The van der Waals surface area contributed by atoms with Crippen LogP contribution in [0.5, 0.6) is 0 Å². The summed E-state index contributed by atoms with van der Waals surface area (Å²) in [6, 6.07) is 25.5. The number of rotatable bonds is 5. The van der Waals surface area contributed by atoms with Crippen LogP contribution in [-0.4, -0.2) is 56.8 Å². The predicted octanol–water partition coefficient (Wildman–Crippen LogP) is 3.46. The van der Waals surface area contributed by atoms with Gasteiger partial charge in [-0.15, -0.1) is 0 Å². The zero-order chi connectivity index (χ0) is 24.4. The molecule has 3 aromatic carbocycles. The summed E-state index contributed by atoms with van der Waals surface area (Å²) in [5.41, 5.74) is 3.00. The van der Waals surface area contributed by atoms with Gasteiger partial charge in [0, 0.05) is 38.3 Å². The van der Waals surface area contributed by atoms with Gasteiger partial charge >= 0.3 is 0 Å². The van der Waals surface area contributed by atoms with Crippen LogP contribution in [0.15, 0.2) is 83.8 Å². The van der Waals surface area contributed by atoms with Gasteiger partial charge in [-0.05, 0) is 41.8 Å². The molecule has 178 valence electrons. The number of piperazine rings is 1. The standard InChI is InChI=1S/C27H26N4O3S/c28-20-26(21-7-2-1-3-8-21)29-15-17-30(18-16-29)27(32)23-10-6-11-24(19-23)35(33,34)31-14-13-22-9-4-5-12-25(22)31/h1-12,19,26H,13-18H2/t26-/m1/s1. The van der Waals surface area contributed by atoms with Crippen LogP contribution in [0.1, 0.15) is 27.5 Å². The Morgan fingerprint density at radius 3 is 2.31 bits per heavy atom. The molecule has 0 aliphatic carbocycles. The number of hydrogen-bond donors (Lipinski definition) is 0. The fraction of sp³-hybridized carbons (Fsp3) is 0.259. The van der Waals surface area contributed by atoms with Crippen molar-refractivity contribution in [2.45, 2.75) is 17.4 Å². The zero-order valence-electron chi connectivity index (χ0n) is 19.2. The molecule has 0 unspecified atom stereocenters. The van der Waals surface area contributed by atoms with Gasteiger partial charge in [0.1, 0.15) is 6.04 Å². The Labute approximate surface area is 205 Å². The number of sulfonamides is 1. The van der Waals surface area contributed by atoms with Crippen LogP contribution in [0.25, 0.3) is 0 Å². The molecule has 1 amide bonds. The third-order valence-electron chi connectivity index (χ3n) is 6.72. The molecule has 0 bridgehead atoms. The molecule has 0 saturated carbocycles. The lowest BCUT2D eigenvalue weighted by Gasteiger charge is -2.37. The van der Waals surface area contributed by atoms with Crippen molar-refractivity contribution in [1.82, 2.24) is 9.80 Å². The van der Waals surface area contributed by atoms with Crippen LogP contribution in [0.4, 0.5) is 5.69 Å². The van der Waals surface area contributed by atoms with Crippen molar-refractivity contribution in [1.29, 1.82) is 5.26 Å². The van der Waals surface area contributed by atoms with Crippen LogP contribution in [-0.2, 0) is 16.4 Å². The Hall–Kier alpha value is -3.67. The van der Waals surface area contributed by atoms with Crippen molar-refractivity contribution in [3.63, 3.8) is 0 Å². The van der Waals surface area contributed by atoms with Gasteiger partial charge in [0.25, 0.3) is 15.9 Å². The van der Waals surface area contributed by atoms with Gasteiger partial charge < -0.3 is 4.90 Å². The molecule has 8 heteroatoms. The van der Waals surface area contributed by atoms with E-state index in [1.165, 1.54) is 10.4 Å². The molecule has 0 radical (unpaired) electrons. The van der Waals surface area contributed by atoms with E-state index in [1.54, 1.807) is 23.1 Å². The maximum absolute atomic E-state index is 13.4. The van der Waals surface area contributed by atoms with Crippen LogP contribution in [0, 0.1) is 11.3 Å². The summed E-state index contributed by atoms with van der Waals surface area (Å²) < 4.78 is 28.2. The highest BCUT2D eigenvalue weighted by Gasteiger charge is 2.32. The topological polar surface area (TPSA) is 84.7 Å². The van der Waals surface area contributed by atoms with E-state index in [1.807, 2.05) is 54.6 Å². The average molecular weight is 487 g/mol. The Morgan fingerprint density at radius 1 is 0.857 bits per heavy atom. The maximum Gasteiger partial charge on any atom is 0.264 e. The molecule has 35 heavy (non-hydrogen) atoms. The summed E-state index contributed by atoms with van der Waals surface area (Å²) in [6.07, 6.45) is 0.672. The predicted molar refractivity (Wildman–Crippen MR) is 133 cm³/mol. The van der Waals surface area contributed by atoms with Crippen molar-refractivity contribution in [3.8, 4) is 6.07 Å². The zero-order valence-corrected chi connectivity index (χ0v) is 20.1. The molecule has 0 spiro atoms. The van der Waals surface area contributed by atoms with E-state index >= 15 is 0 Å². The van der Waals surface area contributed by atoms with E-state index in [2.05, 4.69) is 11.0 Å². The lowest BCUT2D eigenvalue weighted by molar-refractivity contribution is 0.0606.